The third-order valence-electron chi connectivity index (χ3n) is 5.78. The maximum Gasteiger partial charge on any atom is 0.332 e. The van der Waals surface area contributed by atoms with E-state index in [-0.39, 0.29) is 18.7 Å². The maximum absolute atomic E-state index is 11.6. The van der Waals surface area contributed by atoms with Crippen molar-refractivity contribution in [2.24, 2.45) is 0 Å². The number of ether oxygens (including phenoxy) is 2. The van der Waals surface area contributed by atoms with E-state index in [1.54, 1.807) is 0 Å². The van der Waals surface area contributed by atoms with Crippen LogP contribution in [0.4, 0.5) is 0 Å². The molecule has 1 aromatic rings. The van der Waals surface area contributed by atoms with Gasteiger partial charge in [-0.25, -0.2) is 4.79 Å². The van der Waals surface area contributed by atoms with Crippen molar-refractivity contribution in [3.8, 4) is 0 Å². The second kappa shape index (κ2) is 18.7. The largest absolute Gasteiger partial charge is 0.479 e. The Balaban J connectivity index is 2.24. The summed E-state index contributed by atoms with van der Waals surface area (Å²) in [7, 11) is 0. The molecule has 0 aromatic heterocycles. The molecule has 0 radical (unpaired) electrons. The van der Waals surface area contributed by atoms with Crippen molar-refractivity contribution in [3.63, 3.8) is 0 Å². The highest BCUT2D eigenvalue weighted by Crippen LogP contribution is 2.18. The summed E-state index contributed by atoms with van der Waals surface area (Å²) in [4.78, 5) is 23.1. The monoisotopic (exact) mass is 448 g/mol. The zero-order valence-electron chi connectivity index (χ0n) is 20.2. The maximum atomic E-state index is 11.6. The van der Waals surface area contributed by atoms with Gasteiger partial charge < -0.3 is 14.6 Å². The van der Waals surface area contributed by atoms with Crippen LogP contribution in [0, 0.1) is 0 Å². The number of carboxylic acid groups (broad SMARTS) is 1. The van der Waals surface area contributed by atoms with Crippen LogP contribution in [0.5, 0.6) is 0 Å². The number of aliphatic carboxylic acids is 1. The molecule has 0 spiro atoms. The molecule has 0 aliphatic rings. The third kappa shape index (κ3) is 15.0. The fourth-order valence-electron chi connectivity index (χ4n) is 3.92. The molecule has 0 bridgehead atoms. The van der Waals surface area contributed by atoms with Crippen LogP contribution < -0.4 is 0 Å². The molecular formula is C27H44O5. The first-order valence-electron chi connectivity index (χ1n) is 12.6. The lowest BCUT2D eigenvalue weighted by atomic mass is 10.0. The van der Waals surface area contributed by atoms with Gasteiger partial charge in [-0.3, -0.25) is 4.79 Å². The molecular weight excluding hydrogens is 404 g/mol. The highest BCUT2D eigenvalue weighted by atomic mass is 16.5. The molecule has 1 aromatic carbocycles. The van der Waals surface area contributed by atoms with Gasteiger partial charge >= 0.3 is 11.9 Å². The Morgan fingerprint density at radius 1 is 0.812 bits per heavy atom. The van der Waals surface area contributed by atoms with Crippen LogP contribution in [-0.4, -0.2) is 29.3 Å². The second-order valence-electron chi connectivity index (χ2n) is 8.76. The van der Waals surface area contributed by atoms with Crippen LogP contribution in [0.3, 0.4) is 0 Å². The second-order valence-corrected chi connectivity index (χ2v) is 8.76. The highest BCUT2D eigenvalue weighted by molar-refractivity contribution is 5.72. The smallest absolute Gasteiger partial charge is 0.332 e. The molecule has 32 heavy (non-hydrogen) atoms. The molecule has 0 saturated carbocycles. The van der Waals surface area contributed by atoms with Crippen LogP contribution >= 0.6 is 0 Å². The molecule has 5 heteroatoms. The number of hydrogen-bond acceptors (Lipinski definition) is 4. The van der Waals surface area contributed by atoms with E-state index in [0.29, 0.717) is 12.8 Å². The summed E-state index contributed by atoms with van der Waals surface area (Å²) in [6.45, 7) is 3.92. The van der Waals surface area contributed by atoms with Crippen molar-refractivity contribution in [1.82, 2.24) is 0 Å². The van der Waals surface area contributed by atoms with Gasteiger partial charge in [-0.1, -0.05) is 101 Å². The van der Waals surface area contributed by atoms with Crippen molar-refractivity contribution in [2.75, 3.05) is 0 Å². The van der Waals surface area contributed by atoms with E-state index in [0.717, 1.165) is 24.8 Å². The summed E-state index contributed by atoms with van der Waals surface area (Å²) in [6, 6.07) is 9.54. The summed E-state index contributed by atoms with van der Waals surface area (Å²) < 4.78 is 11.1. The van der Waals surface area contributed by atoms with Gasteiger partial charge in [0.2, 0.25) is 0 Å². The zero-order valence-corrected chi connectivity index (χ0v) is 20.2. The average Bonchev–Trinajstić information content (AvgIpc) is 2.77. The number of hydrogen-bond donors (Lipinski definition) is 1. The topological polar surface area (TPSA) is 72.8 Å². The van der Waals surface area contributed by atoms with E-state index in [1.807, 2.05) is 30.3 Å². The lowest BCUT2D eigenvalue weighted by Gasteiger charge is -2.20. The van der Waals surface area contributed by atoms with Crippen LogP contribution in [0.25, 0.3) is 0 Å². The number of benzene rings is 1. The number of esters is 1. The van der Waals surface area contributed by atoms with E-state index in [1.165, 1.54) is 64.7 Å². The molecule has 0 fully saturated rings. The molecule has 2 unspecified atom stereocenters. The van der Waals surface area contributed by atoms with Crippen molar-refractivity contribution in [2.45, 2.75) is 123 Å². The van der Waals surface area contributed by atoms with Crippen molar-refractivity contribution in [1.29, 1.82) is 0 Å². The van der Waals surface area contributed by atoms with Gasteiger partial charge in [0.15, 0.2) is 6.10 Å². The van der Waals surface area contributed by atoms with Gasteiger partial charge in [0.1, 0.15) is 6.10 Å². The van der Waals surface area contributed by atoms with Crippen LogP contribution in [-0.2, 0) is 25.7 Å². The van der Waals surface area contributed by atoms with E-state index in [9.17, 15) is 14.7 Å². The average molecular weight is 449 g/mol. The number of unbranched alkanes of at least 4 members (excludes halogenated alkanes) is 10. The molecule has 0 aliphatic carbocycles. The van der Waals surface area contributed by atoms with Crippen molar-refractivity contribution < 1.29 is 24.2 Å². The first kappa shape index (κ1) is 28.2. The SMILES string of the molecule is CCCCCCCCCCCCCC(CCC(OCc1ccccc1)C(=O)O)OC(C)=O. The van der Waals surface area contributed by atoms with E-state index >= 15 is 0 Å². The third-order valence-corrected chi connectivity index (χ3v) is 5.78. The van der Waals surface area contributed by atoms with Gasteiger partial charge in [0.25, 0.3) is 0 Å². The first-order valence-corrected chi connectivity index (χ1v) is 12.6. The Hall–Kier alpha value is -1.88. The minimum atomic E-state index is -0.975. The molecule has 182 valence electrons. The van der Waals surface area contributed by atoms with Gasteiger partial charge in [-0.15, -0.1) is 0 Å². The molecule has 1 N–H and O–H groups in total. The Bertz CT molecular complexity index is 601. The Morgan fingerprint density at radius 3 is 1.91 bits per heavy atom. The number of carbonyl (C=O) groups excluding carboxylic acids is 1. The lowest BCUT2D eigenvalue weighted by molar-refractivity contribution is -0.153. The molecule has 0 saturated heterocycles. The van der Waals surface area contributed by atoms with Crippen LogP contribution in [0.1, 0.15) is 109 Å². The fourth-order valence-corrected chi connectivity index (χ4v) is 3.92. The molecule has 5 nitrogen and oxygen atoms in total. The lowest BCUT2D eigenvalue weighted by Crippen LogP contribution is -2.26. The number of rotatable bonds is 20. The summed E-state index contributed by atoms with van der Waals surface area (Å²) in [6.07, 6.45) is 14.4. The molecule has 0 amide bonds. The van der Waals surface area contributed by atoms with Crippen molar-refractivity contribution in [3.05, 3.63) is 35.9 Å². The van der Waals surface area contributed by atoms with Gasteiger partial charge in [0.05, 0.1) is 6.61 Å². The Kier molecular flexibility index (Phi) is 16.4. The molecule has 0 heterocycles. The molecule has 0 aliphatic heterocycles. The Morgan fingerprint density at radius 2 is 1.38 bits per heavy atom. The summed E-state index contributed by atoms with van der Waals surface area (Å²) in [5.41, 5.74) is 0.941. The quantitative estimate of drug-likeness (QED) is 0.171. The first-order chi connectivity index (χ1) is 15.5. The Labute approximate surface area is 194 Å². The number of carboxylic acids is 1. The van der Waals surface area contributed by atoms with E-state index in [4.69, 9.17) is 9.47 Å². The van der Waals surface area contributed by atoms with Crippen LogP contribution in [0.2, 0.25) is 0 Å². The van der Waals surface area contributed by atoms with E-state index < -0.39 is 12.1 Å². The van der Waals surface area contributed by atoms with Gasteiger partial charge in [-0.2, -0.15) is 0 Å². The standard InChI is InChI=1S/C27H44O5/c1-3-4-5-6-7-8-9-10-11-12-16-19-25(32-23(2)28)20-21-26(27(29)30)31-22-24-17-14-13-15-18-24/h13-15,17-18,25-26H,3-12,16,19-22H2,1-2H3,(H,29,30). The number of carbonyl (C=O) groups is 2. The minimum Gasteiger partial charge on any atom is -0.479 e. The van der Waals surface area contributed by atoms with E-state index in [2.05, 4.69) is 6.92 Å². The highest BCUT2D eigenvalue weighted by Gasteiger charge is 2.21. The van der Waals surface area contributed by atoms with Crippen molar-refractivity contribution >= 4 is 11.9 Å². The fraction of sp³-hybridized carbons (Fsp3) is 0.704. The zero-order chi connectivity index (χ0) is 23.4. The van der Waals surface area contributed by atoms with Gasteiger partial charge in [0, 0.05) is 6.92 Å². The predicted molar refractivity (Wildman–Crippen MR) is 129 cm³/mol. The molecule has 2 atom stereocenters. The minimum absolute atomic E-state index is 0.242. The predicted octanol–water partition coefficient (Wildman–Crippen LogP) is 7.07. The van der Waals surface area contributed by atoms with Gasteiger partial charge in [-0.05, 0) is 31.2 Å². The normalized spacial score (nSPS) is 12.9. The van der Waals surface area contributed by atoms with Crippen LogP contribution in [0.15, 0.2) is 30.3 Å². The summed E-state index contributed by atoms with van der Waals surface area (Å²) in [5, 5.41) is 9.49. The summed E-state index contributed by atoms with van der Waals surface area (Å²) >= 11 is 0. The molecule has 1 rings (SSSR count). The summed E-state index contributed by atoms with van der Waals surface area (Å²) in [5.74, 6) is -1.28.